The molecule has 0 radical (unpaired) electrons. The number of rotatable bonds is 10. The molecule has 9 heteroatoms. The zero-order valence-corrected chi connectivity index (χ0v) is 22.9. The summed E-state index contributed by atoms with van der Waals surface area (Å²) in [6.07, 6.45) is 0. The van der Waals surface area contributed by atoms with E-state index in [1.54, 1.807) is 25.1 Å². The molecule has 0 bridgehead atoms. The number of carbonyl (C=O) groups excluding carboxylic acids is 2. The van der Waals surface area contributed by atoms with Crippen molar-refractivity contribution in [3.05, 3.63) is 95.6 Å². The van der Waals surface area contributed by atoms with E-state index in [2.05, 4.69) is 10.4 Å². The van der Waals surface area contributed by atoms with Crippen molar-refractivity contribution in [1.82, 2.24) is 5.01 Å². The molecule has 2 atom stereocenters. The summed E-state index contributed by atoms with van der Waals surface area (Å²) in [6, 6.07) is 24.3. The number of thioether (sulfide) groups is 1. The summed E-state index contributed by atoms with van der Waals surface area (Å²) < 4.78 is 5.52. The van der Waals surface area contributed by atoms with Crippen molar-refractivity contribution in [2.24, 2.45) is 11.0 Å². The molecular formula is C30H31N3O5S. The first-order chi connectivity index (χ1) is 18.7. The number of carbonyl (C=O) groups is 3. The van der Waals surface area contributed by atoms with Crippen molar-refractivity contribution < 1.29 is 24.2 Å². The van der Waals surface area contributed by atoms with E-state index in [9.17, 15) is 19.5 Å². The summed E-state index contributed by atoms with van der Waals surface area (Å²) in [5, 5.41) is 17.4. The Morgan fingerprint density at radius 2 is 1.74 bits per heavy atom. The summed E-state index contributed by atoms with van der Waals surface area (Å²) in [4.78, 5) is 37.7. The Kier molecular flexibility index (Phi) is 9.03. The molecule has 0 spiro atoms. The number of nitrogens with one attached hydrogen (secondary N) is 1. The number of carboxylic acid groups (broad SMARTS) is 1. The summed E-state index contributed by atoms with van der Waals surface area (Å²) in [6.45, 7) is 5.82. The molecule has 8 nitrogen and oxygen atoms in total. The van der Waals surface area contributed by atoms with Crippen LogP contribution in [0.4, 0.5) is 5.69 Å². The number of hydrogen-bond donors (Lipinski definition) is 2. The molecule has 2 unspecified atom stereocenters. The van der Waals surface area contributed by atoms with Gasteiger partial charge in [0.05, 0.1) is 12.5 Å². The Balaban J connectivity index is 1.45. The van der Waals surface area contributed by atoms with Crippen LogP contribution in [0.2, 0.25) is 0 Å². The topological polar surface area (TPSA) is 108 Å². The van der Waals surface area contributed by atoms with Gasteiger partial charge in [-0.25, -0.2) is 5.01 Å². The minimum absolute atomic E-state index is 0.0271. The predicted octanol–water partition coefficient (Wildman–Crippen LogP) is 5.35. The smallest absolute Gasteiger partial charge is 0.316 e. The molecule has 39 heavy (non-hydrogen) atoms. The van der Waals surface area contributed by atoms with Crippen molar-refractivity contribution in [2.75, 3.05) is 11.9 Å². The zero-order valence-electron chi connectivity index (χ0n) is 22.0. The summed E-state index contributed by atoms with van der Waals surface area (Å²) in [5.74, 6) is -1.23. The Labute approximate surface area is 232 Å². The molecule has 0 saturated heterocycles. The maximum atomic E-state index is 13.3. The van der Waals surface area contributed by atoms with Crippen LogP contribution in [0.25, 0.3) is 0 Å². The highest BCUT2D eigenvalue weighted by molar-refractivity contribution is 8.00. The predicted molar refractivity (Wildman–Crippen MR) is 152 cm³/mol. The van der Waals surface area contributed by atoms with Crippen LogP contribution in [-0.4, -0.2) is 45.7 Å². The van der Waals surface area contributed by atoms with Crippen LogP contribution >= 0.6 is 11.8 Å². The normalized spacial score (nSPS) is 14.8. The molecule has 4 rings (SSSR count). The fourth-order valence-electron chi connectivity index (χ4n) is 4.21. The number of benzene rings is 3. The molecule has 3 aromatic rings. The van der Waals surface area contributed by atoms with Gasteiger partial charge in [-0.1, -0.05) is 62.4 Å². The van der Waals surface area contributed by atoms with Gasteiger partial charge in [-0.2, -0.15) is 0 Å². The second-order valence-electron chi connectivity index (χ2n) is 9.59. The van der Waals surface area contributed by atoms with Crippen LogP contribution in [-0.2, 0) is 25.7 Å². The molecule has 1 aliphatic heterocycles. The van der Waals surface area contributed by atoms with Gasteiger partial charge < -0.3 is 15.2 Å². The molecule has 0 saturated carbocycles. The fraction of sp³-hybridized carbons (Fsp3) is 0.267. The van der Waals surface area contributed by atoms with Gasteiger partial charge in [0.2, 0.25) is 11.8 Å². The van der Waals surface area contributed by atoms with E-state index in [1.165, 1.54) is 16.8 Å². The molecule has 0 fully saturated rings. The van der Waals surface area contributed by atoms with Gasteiger partial charge >= 0.3 is 5.97 Å². The quantitative estimate of drug-likeness (QED) is 0.333. The third kappa shape index (κ3) is 7.26. The second-order valence-corrected chi connectivity index (χ2v) is 11.0. The molecule has 0 aromatic heterocycles. The molecular weight excluding hydrogens is 514 g/mol. The van der Waals surface area contributed by atoms with E-state index in [0.717, 1.165) is 21.6 Å². The van der Waals surface area contributed by atoms with E-state index in [4.69, 9.17) is 4.74 Å². The molecule has 1 heterocycles. The summed E-state index contributed by atoms with van der Waals surface area (Å²) in [5.41, 5.74) is 3.16. The molecule has 0 aliphatic carbocycles. The Hall–Kier alpha value is -4.11. The first kappa shape index (κ1) is 27.9. The lowest BCUT2D eigenvalue weighted by molar-refractivity contribution is -0.137. The van der Waals surface area contributed by atoms with E-state index < -0.39 is 17.1 Å². The fourth-order valence-corrected chi connectivity index (χ4v) is 5.07. The number of carboxylic acids is 1. The lowest BCUT2D eigenvalue weighted by Crippen LogP contribution is -2.36. The average Bonchev–Trinajstić information content (AvgIpc) is 2.91. The van der Waals surface area contributed by atoms with Gasteiger partial charge in [0, 0.05) is 16.1 Å². The summed E-state index contributed by atoms with van der Waals surface area (Å²) >= 11 is 1.22. The Bertz CT molecular complexity index is 1360. The largest absolute Gasteiger partial charge is 0.480 e. The lowest BCUT2D eigenvalue weighted by atomic mass is 9.87. The van der Waals surface area contributed by atoms with Crippen LogP contribution in [0.1, 0.15) is 43.4 Å². The number of aliphatic carboxylic acids is 1. The van der Waals surface area contributed by atoms with Gasteiger partial charge in [0.1, 0.15) is 5.25 Å². The van der Waals surface area contributed by atoms with Gasteiger partial charge in [0.15, 0.2) is 6.61 Å². The van der Waals surface area contributed by atoms with Crippen LogP contribution in [0, 0.1) is 5.92 Å². The number of hydrazone groups is 1. The van der Waals surface area contributed by atoms with Gasteiger partial charge in [-0.15, -0.1) is 16.9 Å². The van der Waals surface area contributed by atoms with E-state index >= 15 is 0 Å². The maximum Gasteiger partial charge on any atom is 0.316 e. The molecule has 1 aliphatic rings. The average molecular weight is 546 g/mol. The molecule has 202 valence electrons. The third-order valence-corrected chi connectivity index (χ3v) is 7.32. The Morgan fingerprint density at radius 1 is 1.03 bits per heavy atom. The second kappa shape index (κ2) is 12.6. The first-order valence-corrected chi connectivity index (χ1v) is 13.6. The third-order valence-electron chi connectivity index (χ3n) is 6.24. The minimum Gasteiger partial charge on any atom is -0.480 e. The van der Waals surface area contributed by atoms with Crippen molar-refractivity contribution >= 4 is 41.1 Å². The van der Waals surface area contributed by atoms with Crippen molar-refractivity contribution in [3.8, 4) is 0 Å². The molecule has 2 N–H and O–H groups in total. The number of ether oxygens (including phenoxy) is 1. The first-order valence-electron chi connectivity index (χ1n) is 12.7. The van der Waals surface area contributed by atoms with Crippen molar-refractivity contribution in [2.45, 2.75) is 43.4 Å². The number of amides is 2. The monoisotopic (exact) mass is 545 g/mol. The van der Waals surface area contributed by atoms with Crippen molar-refractivity contribution in [1.29, 1.82) is 0 Å². The minimum atomic E-state index is -0.890. The summed E-state index contributed by atoms with van der Waals surface area (Å²) in [7, 11) is 0. The number of anilines is 1. The van der Waals surface area contributed by atoms with E-state index in [0.29, 0.717) is 11.6 Å². The number of hydrogen-bond acceptors (Lipinski definition) is 6. The molecule has 3 aromatic carbocycles. The Morgan fingerprint density at radius 3 is 2.41 bits per heavy atom. The molecule has 2 amide bonds. The highest BCUT2D eigenvalue weighted by Crippen LogP contribution is 2.29. The van der Waals surface area contributed by atoms with Crippen LogP contribution in [0.3, 0.4) is 0 Å². The highest BCUT2D eigenvalue weighted by Gasteiger charge is 2.26. The van der Waals surface area contributed by atoms with Gasteiger partial charge in [-0.05, 0) is 54.3 Å². The standard InChI is InChI=1S/C30H31N3O5S/c1-19(2)27(28(35)31-24-10-7-11-25(16-24)39-20(3)30(36)37)22-14-12-21(13-15-22)17-33-26(34)18-38-29(32-33)23-8-5-4-6-9-23/h4-16,19-20,27H,17-18H2,1-3H3,(H,31,35)(H,36,37). The van der Waals surface area contributed by atoms with Crippen LogP contribution < -0.4 is 5.32 Å². The maximum absolute atomic E-state index is 13.3. The van der Waals surface area contributed by atoms with E-state index in [1.807, 2.05) is 74.5 Å². The van der Waals surface area contributed by atoms with Gasteiger partial charge in [0.25, 0.3) is 5.91 Å². The van der Waals surface area contributed by atoms with Gasteiger partial charge in [-0.3, -0.25) is 14.4 Å². The zero-order chi connectivity index (χ0) is 27.9. The van der Waals surface area contributed by atoms with E-state index in [-0.39, 0.29) is 30.9 Å². The number of nitrogens with zero attached hydrogens (tertiary/aromatic N) is 2. The lowest BCUT2D eigenvalue weighted by Gasteiger charge is -2.24. The van der Waals surface area contributed by atoms with Crippen LogP contribution in [0.5, 0.6) is 0 Å². The van der Waals surface area contributed by atoms with Crippen molar-refractivity contribution in [3.63, 3.8) is 0 Å². The highest BCUT2D eigenvalue weighted by atomic mass is 32.2. The SMILES string of the molecule is CC(Sc1cccc(NC(=O)C(c2ccc(CN3N=C(c4ccccc4)OCC3=O)cc2)C(C)C)c1)C(=O)O. The van der Waals surface area contributed by atoms with Crippen LogP contribution in [0.15, 0.2) is 88.9 Å².